The van der Waals surface area contributed by atoms with Crippen LogP contribution in [0.1, 0.15) is 18.1 Å². The Hall–Kier alpha value is -4.07. The summed E-state index contributed by atoms with van der Waals surface area (Å²) in [6, 6.07) is 13.3. The molecule has 0 unspecified atom stereocenters. The minimum atomic E-state index is -0.890. The first-order valence-electron chi connectivity index (χ1n) is 9.70. The highest BCUT2D eigenvalue weighted by molar-refractivity contribution is 6.38. The van der Waals surface area contributed by atoms with Crippen LogP contribution in [0.4, 0.5) is 16.2 Å². The smallest absolute Gasteiger partial charge is 0.273 e. The minimum absolute atomic E-state index is 0.276. The number of nitrogens with one attached hydrogen (secondary N) is 1. The first-order chi connectivity index (χ1) is 14.8. The first kappa shape index (κ1) is 20.2. The molecule has 8 nitrogen and oxygen atoms in total. The van der Waals surface area contributed by atoms with Gasteiger partial charge in [0.1, 0.15) is 5.57 Å². The number of para-hydroxylation sites is 1. The Labute approximate surface area is 178 Å². The maximum Gasteiger partial charge on any atom is 0.335 e. The third-order valence-corrected chi connectivity index (χ3v) is 5.08. The van der Waals surface area contributed by atoms with Crippen LogP contribution < -0.4 is 15.2 Å². The monoisotopic (exact) mass is 416 g/mol. The molecule has 0 aliphatic carbocycles. The molecule has 4 rings (SSSR count). The fraction of sp³-hybridized carbons (Fsp3) is 0.174. The van der Waals surface area contributed by atoms with E-state index < -0.39 is 23.8 Å². The largest absolute Gasteiger partial charge is 0.335 e. The zero-order valence-electron chi connectivity index (χ0n) is 17.2. The minimum Gasteiger partial charge on any atom is -0.273 e. The van der Waals surface area contributed by atoms with Crippen LogP contribution in [0.5, 0.6) is 0 Å². The van der Waals surface area contributed by atoms with E-state index in [1.54, 1.807) is 43.3 Å². The van der Waals surface area contributed by atoms with Gasteiger partial charge in [0, 0.05) is 0 Å². The fourth-order valence-corrected chi connectivity index (χ4v) is 3.68. The molecule has 2 aliphatic rings. The second kappa shape index (κ2) is 7.64. The molecule has 8 heteroatoms. The Bertz CT molecular complexity index is 1160. The Balaban J connectivity index is 1.69. The summed E-state index contributed by atoms with van der Waals surface area (Å²) in [5, 5.41) is 7.72. The van der Waals surface area contributed by atoms with Gasteiger partial charge < -0.3 is 0 Å². The number of hydrogen-bond acceptors (Lipinski definition) is 5. The molecule has 0 bridgehead atoms. The van der Waals surface area contributed by atoms with Crippen molar-refractivity contribution in [2.24, 2.45) is 11.0 Å². The van der Waals surface area contributed by atoms with Gasteiger partial charge >= 0.3 is 6.03 Å². The van der Waals surface area contributed by atoms with Crippen LogP contribution in [0, 0.1) is 19.8 Å². The fourth-order valence-electron chi connectivity index (χ4n) is 3.68. The number of benzene rings is 2. The van der Waals surface area contributed by atoms with E-state index in [2.05, 4.69) is 10.4 Å². The van der Waals surface area contributed by atoms with Gasteiger partial charge in [0.2, 0.25) is 0 Å². The Morgan fingerprint density at radius 2 is 1.55 bits per heavy atom. The Morgan fingerprint density at radius 3 is 2.19 bits per heavy atom. The molecule has 2 aromatic carbocycles. The number of urea groups is 1. The van der Waals surface area contributed by atoms with E-state index in [1.165, 1.54) is 11.1 Å². The summed E-state index contributed by atoms with van der Waals surface area (Å²) in [7, 11) is 0. The zero-order chi connectivity index (χ0) is 22.3. The molecule has 1 saturated heterocycles. The second-order valence-electron chi connectivity index (χ2n) is 7.53. The van der Waals surface area contributed by atoms with E-state index in [-0.39, 0.29) is 11.5 Å². The van der Waals surface area contributed by atoms with E-state index in [0.29, 0.717) is 17.1 Å². The number of carbonyl (C=O) groups excluding carboxylic acids is 4. The van der Waals surface area contributed by atoms with Crippen molar-refractivity contribution in [2.45, 2.75) is 20.8 Å². The van der Waals surface area contributed by atoms with Crippen molar-refractivity contribution in [3.05, 3.63) is 71.3 Å². The lowest BCUT2D eigenvalue weighted by molar-refractivity contribution is -0.122. The van der Waals surface area contributed by atoms with E-state index in [4.69, 9.17) is 0 Å². The van der Waals surface area contributed by atoms with Gasteiger partial charge in [0.05, 0.1) is 23.0 Å². The lowest BCUT2D eigenvalue weighted by atomic mass is 9.98. The molecule has 1 atom stereocenters. The van der Waals surface area contributed by atoms with Crippen molar-refractivity contribution in [1.82, 2.24) is 5.32 Å². The maximum absolute atomic E-state index is 13.1. The van der Waals surface area contributed by atoms with Crippen LogP contribution >= 0.6 is 0 Å². The number of rotatable bonds is 3. The van der Waals surface area contributed by atoms with E-state index in [9.17, 15) is 19.2 Å². The van der Waals surface area contributed by atoms with E-state index >= 15 is 0 Å². The molecule has 0 spiro atoms. The summed E-state index contributed by atoms with van der Waals surface area (Å²) >= 11 is 0. The highest BCUT2D eigenvalue weighted by Gasteiger charge is 2.40. The summed E-state index contributed by atoms with van der Waals surface area (Å²) in [5.74, 6) is -2.89. The molecule has 156 valence electrons. The average molecular weight is 416 g/mol. The predicted octanol–water partition coefficient (Wildman–Crippen LogP) is 2.85. The number of barbiturate groups is 1. The summed E-state index contributed by atoms with van der Waals surface area (Å²) in [4.78, 5) is 51.9. The van der Waals surface area contributed by atoms with Gasteiger partial charge in [-0.05, 0) is 62.2 Å². The van der Waals surface area contributed by atoms with E-state index in [1.807, 2.05) is 26.0 Å². The summed E-state index contributed by atoms with van der Waals surface area (Å²) in [5.41, 5.74) is 2.83. The van der Waals surface area contributed by atoms with Crippen molar-refractivity contribution >= 4 is 40.8 Å². The molecular formula is C23H20N4O4. The molecule has 5 amide bonds. The van der Waals surface area contributed by atoms with Crippen LogP contribution in [-0.2, 0) is 14.4 Å². The van der Waals surface area contributed by atoms with Gasteiger partial charge in [-0.2, -0.15) is 10.1 Å². The Kier molecular flexibility index (Phi) is 4.98. The number of aryl methyl sites for hydroxylation is 2. The van der Waals surface area contributed by atoms with Gasteiger partial charge in [-0.15, -0.1) is 0 Å². The predicted molar refractivity (Wildman–Crippen MR) is 116 cm³/mol. The quantitative estimate of drug-likeness (QED) is 0.614. The highest BCUT2D eigenvalue weighted by Crippen LogP contribution is 2.28. The van der Waals surface area contributed by atoms with Gasteiger partial charge in [-0.3, -0.25) is 19.7 Å². The standard InChI is InChI=1S/C23H20N4O4/c1-13-9-14(2)11-17(10-13)26-21(29)19(20(28)24-23(26)31)12-18-15(3)25-27(22(18)30)16-7-5-4-6-8-16/h4-12,18H,1-3H3,(H,24,28,31)/b19-12+/t18-/m1/s1. The number of amides is 5. The first-order valence-corrected chi connectivity index (χ1v) is 9.70. The molecule has 1 N–H and O–H groups in total. The van der Waals surface area contributed by atoms with Crippen molar-refractivity contribution in [2.75, 3.05) is 9.91 Å². The molecule has 1 fully saturated rings. The number of hydrazone groups is 1. The maximum atomic E-state index is 13.1. The number of imide groups is 2. The van der Waals surface area contributed by atoms with Crippen molar-refractivity contribution in [3.8, 4) is 0 Å². The zero-order valence-corrected chi connectivity index (χ0v) is 17.2. The van der Waals surface area contributed by atoms with Gasteiger partial charge in [-0.25, -0.2) is 9.69 Å². The van der Waals surface area contributed by atoms with Gasteiger partial charge in [0.15, 0.2) is 0 Å². The number of nitrogens with zero attached hydrogens (tertiary/aromatic N) is 3. The van der Waals surface area contributed by atoms with Crippen molar-refractivity contribution < 1.29 is 19.2 Å². The topological polar surface area (TPSA) is 99.2 Å². The third kappa shape index (κ3) is 3.63. The van der Waals surface area contributed by atoms with Crippen molar-refractivity contribution in [3.63, 3.8) is 0 Å². The molecular weight excluding hydrogens is 396 g/mol. The SMILES string of the molecule is CC1=NN(c2ccccc2)C(=O)[C@@H]1/C=C1\C(=O)NC(=O)N(c2cc(C)cc(C)c2)C1=O. The van der Waals surface area contributed by atoms with Crippen LogP contribution in [0.15, 0.2) is 65.3 Å². The molecule has 0 aromatic heterocycles. The van der Waals surface area contributed by atoms with Gasteiger partial charge in [0.25, 0.3) is 17.7 Å². The third-order valence-electron chi connectivity index (χ3n) is 5.08. The summed E-state index contributed by atoms with van der Waals surface area (Å²) in [6.07, 6.45) is 1.28. The van der Waals surface area contributed by atoms with Gasteiger partial charge in [-0.1, -0.05) is 24.3 Å². The lowest BCUT2D eigenvalue weighted by Gasteiger charge is -2.27. The molecule has 0 saturated carbocycles. The molecule has 31 heavy (non-hydrogen) atoms. The normalized spacial score (nSPS) is 20.4. The van der Waals surface area contributed by atoms with Crippen LogP contribution in [0.2, 0.25) is 0 Å². The lowest BCUT2D eigenvalue weighted by Crippen LogP contribution is -2.54. The molecule has 2 heterocycles. The molecule has 2 aromatic rings. The second-order valence-corrected chi connectivity index (χ2v) is 7.53. The van der Waals surface area contributed by atoms with Crippen LogP contribution in [-0.4, -0.2) is 29.5 Å². The highest BCUT2D eigenvalue weighted by atomic mass is 16.2. The van der Waals surface area contributed by atoms with Crippen LogP contribution in [0.25, 0.3) is 0 Å². The Morgan fingerprint density at radius 1 is 0.903 bits per heavy atom. The van der Waals surface area contributed by atoms with Crippen molar-refractivity contribution in [1.29, 1.82) is 0 Å². The number of hydrogen-bond donors (Lipinski definition) is 1. The van der Waals surface area contributed by atoms with Crippen LogP contribution in [0.3, 0.4) is 0 Å². The molecule has 2 aliphatic heterocycles. The summed E-state index contributed by atoms with van der Waals surface area (Å²) < 4.78 is 0. The van der Waals surface area contributed by atoms with E-state index in [0.717, 1.165) is 16.0 Å². The summed E-state index contributed by atoms with van der Waals surface area (Å²) in [6.45, 7) is 5.35. The average Bonchev–Trinajstić information content (AvgIpc) is 2.98. The molecule has 0 radical (unpaired) electrons. The number of anilines is 2. The number of carbonyl (C=O) groups is 4.